The number of pyridine rings is 1. The van der Waals surface area contributed by atoms with Crippen molar-refractivity contribution < 1.29 is 27.4 Å². The summed E-state index contributed by atoms with van der Waals surface area (Å²) in [5, 5.41) is -0.244. The number of carbonyl (C=O) groups is 1. The highest BCUT2D eigenvalue weighted by molar-refractivity contribution is 5.98. The summed E-state index contributed by atoms with van der Waals surface area (Å²) in [5.74, 6) is -0.810. The largest absolute Gasteiger partial charge is 0.497 e. The highest BCUT2D eigenvalue weighted by atomic mass is 19.4. The summed E-state index contributed by atoms with van der Waals surface area (Å²) in [6.07, 6.45) is -4.68. The van der Waals surface area contributed by atoms with Gasteiger partial charge in [0.05, 0.1) is 31.0 Å². The number of ether oxygens (including phenoxy) is 2. The minimum atomic E-state index is -4.68. The number of hydrogen-bond donors (Lipinski definition) is 1. The molecule has 0 aliphatic heterocycles. The van der Waals surface area contributed by atoms with Crippen LogP contribution in [0, 0.1) is 0 Å². The van der Waals surface area contributed by atoms with Crippen molar-refractivity contribution in [2.24, 2.45) is 0 Å². The number of nitrogen functional groups attached to an aromatic ring is 1. The van der Waals surface area contributed by atoms with Crippen molar-refractivity contribution in [1.29, 1.82) is 0 Å². The molecule has 2 rings (SSSR count). The van der Waals surface area contributed by atoms with E-state index in [0.717, 1.165) is 7.11 Å². The van der Waals surface area contributed by atoms with Crippen LogP contribution in [0.5, 0.6) is 5.75 Å². The van der Waals surface area contributed by atoms with Gasteiger partial charge in [0.25, 0.3) is 0 Å². The number of nitrogens with two attached hydrogens (primary N) is 1. The van der Waals surface area contributed by atoms with E-state index in [1.54, 1.807) is 0 Å². The number of alkyl halides is 3. The van der Waals surface area contributed by atoms with Crippen molar-refractivity contribution >= 4 is 22.6 Å². The van der Waals surface area contributed by atoms with Gasteiger partial charge in [-0.15, -0.1) is 0 Å². The highest BCUT2D eigenvalue weighted by Crippen LogP contribution is 2.38. The number of fused-ring (bicyclic) bond motifs is 1. The Balaban J connectivity index is 2.87. The molecule has 0 aliphatic carbocycles. The van der Waals surface area contributed by atoms with Crippen LogP contribution in [-0.4, -0.2) is 25.2 Å². The molecule has 0 saturated heterocycles. The summed E-state index contributed by atoms with van der Waals surface area (Å²) in [7, 11) is 2.36. The molecule has 21 heavy (non-hydrogen) atoms. The van der Waals surface area contributed by atoms with E-state index in [9.17, 15) is 18.0 Å². The lowest BCUT2D eigenvalue weighted by atomic mass is 10.1. The Morgan fingerprint density at radius 1 is 1.24 bits per heavy atom. The average Bonchev–Trinajstić information content (AvgIpc) is 2.44. The van der Waals surface area contributed by atoms with Gasteiger partial charge in [-0.1, -0.05) is 0 Å². The lowest BCUT2D eigenvalue weighted by Crippen LogP contribution is -2.12. The maximum atomic E-state index is 13.2. The number of carbonyl (C=O) groups excluding carboxylic acids is 1. The Hall–Kier alpha value is -2.51. The molecule has 0 radical (unpaired) electrons. The zero-order chi connectivity index (χ0) is 15.8. The molecule has 112 valence electrons. The maximum Gasteiger partial charge on any atom is 0.417 e. The van der Waals surface area contributed by atoms with Gasteiger partial charge < -0.3 is 15.2 Å². The van der Waals surface area contributed by atoms with Crippen LogP contribution in [0.4, 0.5) is 18.9 Å². The van der Waals surface area contributed by atoms with Crippen LogP contribution in [0.25, 0.3) is 10.9 Å². The van der Waals surface area contributed by atoms with Crippen molar-refractivity contribution in [3.05, 3.63) is 29.5 Å². The van der Waals surface area contributed by atoms with Gasteiger partial charge in [0.15, 0.2) is 0 Å². The summed E-state index contributed by atoms with van der Waals surface area (Å²) in [4.78, 5) is 15.3. The van der Waals surface area contributed by atoms with E-state index in [4.69, 9.17) is 10.5 Å². The predicted molar refractivity (Wildman–Crippen MR) is 69.0 cm³/mol. The maximum absolute atomic E-state index is 13.2. The fourth-order valence-electron chi connectivity index (χ4n) is 1.89. The summed E-state index contributed by atoms with van der Waals surface area (Å²) in [6, 6.07) is 3.13. The lowest BCUT2D eigenvalue weighted by Gasteiger charge is -2.14. The Bertz CT molecular complexity index is 714. The van der Waals surface area contributed by atoms with Crippen LogP contribution in [0.3, 0.4) is 0 Å². The van der Waals surface area contributed by atoms with E-state index in [1.165, 1.54) is 19.2 Å². The third kappa shape index (κ3) is 2.69. The monoisotopic (exact) mass is 300 g/mol. The molecule has 8 heteroatoms. The first-order valence-corrected chi connectivity index (χ1v) is 5.71. The standard InChI is InChI=1S/C13H11F3N2O3/c1-20-6-3-7-8(13(14,15)16)5-10(12(19)21-2)18-11(7)9(17)4-6/h3-5H,17H2,1-2H3. The van der Waals surface area contributed by atoms with Gasteiger partial charge in [0.1, 0.15) is 11.4 Å². The third-order valence-electron chi connectivity index (χ3n) is 2.85. The topological polar surface area (TPSA) is 74.4 Å². The summed E-state index contributed by atoms with van der Waals surface area (Å²) in [6.45, 7) is 0. The van der Waals surface area contributed by atoms with Crippen molar-refractivity contribution in [1.82, 2.24) is 4.98 Å². The molecule has 1 heterocycles. The molecule has 0 saturated carbocycles. The second-order valence-corrected chi connectivity index (χ2v) is 4.16. The van der Waals surface area contributed by atoms with E-state index in [2.05, 4.69) is 9.72 Å². The van der Waals surface area contributed by atoms with E-state index in [0.29, 0.717) is 6.07 Å². The first-order chi connectivity index (χ1) is 9.77. The van der Waals surface area contributed by atoms with Crippen LogP contribution in [0.1, 0.15) is 16.1 Å². The highest BCUT2D eigenvalue weighted by Gasteiger charge is 2.34. The van der Waals surface area contributed by atoms with Crippen molar-refractivity contribution in [2.75, 3.05) is 20.0 Å². The summed E-state index contributed by atoms with van der Waals surface area (Å²) >= 11 is 0. The fourth-order valence-corrected chi connectivity index (χ4v) is 1.89. The van der Waals surface area contributed by atoms with Gasteiger partial charge >= 0.3 is 12.1 Å². The molecule has 0 amide bonds. The molecule has 0 unspecified atom stereocenters. The molecule has 0 atom stereocenters. The second-order valence-electron chi connectivity index (χ2n) is 4.16. The number of halogens is 3. The number of rotatable bonds is 2. The molecule has 0 bridgehead atoms. The van der Waals surface area contributed by atoms with Crippen LogP contribution in [0.2, 0.25) is 0 Å². The second kappa shape index (κ2) is 5.12. The lowest BCUT2D eigenvalue weighted by molar-refractivity contribution is -0.136. The Morgan fingerprint density at radius 3 is 2.43 bits per heavy atom. The number of benzene rings is 1. The van der Waals surface area contributed by atoms with Crippen LogP contribution < -0.4 is 10.5 Å². The van der Waals surface area contributed by atoms with Gasteiger partial charge in [-0.2, -0.15) is 13.2 Å². The SMILES string of the molecule is COC(=O)c1cc(C(F)(F)F)c2cc(OC)cc(N)c2n1. The molecule has 0 aliphatic rings. The Morgan fingerprint density at radius 2 is 1.90 bits per heavy atom. The normalized spacial score (nSPS) is 11.5. The molecule has 5 nitrogen and oxygen atoms in total. The molecular formula is C13H11F3N2O3. The van der Waals surface area contributed by atoms with E-state index >= 15 is 0 Å². The Kier molecular flexibility index (Phi) is 3.63. The number of methoxy groups -OCH3 is 2. The van der Waals surface area contributed by atoms with Crippen molar-refractivity contribution in [3.63, 3.8) is 0 Å². The third-order valence-corrected chi connectivity index (χ3v) is 2.85. The molecular weight excluding hydrogens is 289 g/mol. The molecule has 0 spiro atoms. The quantitative estimate of drug-likeness (QED) is 0.681. The van der Waals surface area contributed by atoms with Gasteiger partial charge in [-0.25, -0.2) is 9.78 Å². The summed E-state index contributed by atoms with van der Waals surface area (Å²) in [5.41, 5.74) is 4.04. The van der Waals surface area contributed by atoms with Gasteiger partial charge in [-0.05, 0) is 12.1 Å². The predicted octanol–water partition coefficient (Wildman–Crippen LogP) is 2.63. The van der Waals surface area contributed by atoms with Crippen molar-refractivity contribution in [3.8, 4) is 5.75 Å². The minimum absolute atomic E-state index is 0.0272. The van der Waals surface area contributed by atoms with Gasteiger partial charge in [0.2, 0.25) is 0 Å². The first-order valence-electron chi connectivity index (χ1n) is 5.71. The fraction of sp³-hybridized carbons (Fsp3) is 0.231. The summed E-state index contributed by atoms with van der Waals surface area (Å²) < 4.78 is 48.8. The van der Waals surface area contributed by atoms with Gasteiger partial charge in [0, 0.05) is 11.5 Å². The average molecular weight is 300 g/mol. The number of anilines is 1. The molecule has 2 aromatic rings. The number of nitrogens with zero attached hydrogens (tertiary/aromatic N) is 1. The van der Waals surface area contributed by atoms with Gasteiger partial charge in [-0.3, -0.25) is 0 Å². The van der Waals surface area contributed by atoms with Crippen LogP contribution >= 0.6 is 0 Å². The smallest absolute Gasteiger partial charge is 0.417 e. The number of hydrogen-bond acceptors (Lipinski definition) is 5. The number of aromatic nitrogens is 1. The van der Waals surface area contributed by atoms with Crippen LogP contribution in [0.15, 0.2) is 18.2 Å². The van der Waals surface area contributed by atoms with E-state index in [-0.39, 0.29) is 22.3 Å². The number of esters is 1. The van der Waals surface area contributed by atoms with E-state index in [1.807, 2.05) is 0 Å². The Labute approximate surface area is 117 Å². The first kappa shape index (κ1) is 14.9. The minimum Gasteiger partial charge on any atom is -0.497 e. The molecule has 0 fully saturated rings. The van der Waals surface area contributed by atoms with Crippen molar-refractivity contribution in [2.45, 2.75) is 6.18 Å². The molecule has 1 aromatic carbocycles. The molecule has 1 aromatic heterocycles. The van der Waals surface area contributed by atoms with E-state index < -0.39 is 23.4 Å². The molecule has 2 N–H and O–H groups in total. The van der Waals surface area contributed by atoms with Crippen LogP contribution in [-0.2, 0) is 10.9 Å². The zero-order valence-electron chi connectivity index (χ0n) is 11.1. The zero-order valence-corrected chi connectivity index (χ0v) is 11.1.